The summed E-state index contributed by atoms with van der Waals surface area (Å²) in [5.74, 6) is -0.359. The third-order valence-corrected chi connectivity index (χ3v) is 8.99. The monoisotopic (exact) mass is 775 g/mol. The minimum Gasteiger partial charge on any atom is -0.490 e. The minimum atomic E-state index is -4.68. The molecule has 0 atom stereocenters. The van der Waals surface area contributed by atoms with Gasteiger partial charge in [0.05, 0.1) is 22.4 Å². The summed E-state index contributed by atoms with van der Waals surface area (Å²) in [5.41, 5.74) is -2.71. The highest BCUT2D eigenvalue weighted by atomic mass is 19.4. The van der Waals surface area contributed by atoms with E-state index in [-0.39, 0.29) is 22.9 Å². The lowest BCUT2D eigenvalue weighted by Gasteiger charge is -2.29. The second kappa shape index (κ2) is 22.0. The molecule has 3 aromatic carbocycles. The average Bonchev–Trinajstić information content (AvgIpc) is 3.11. The van der Waals surface area contributed by atoms with Gasteiger partial charge in [-0.15, -0.1) is 0 Å². The fourth-order valence-electron chi connectivity index (χ4n) is 5.93. The SMILES string of the molecule is CCCCCCCCCCCCCN(CCCCCC)c1cc(C(F)(F)F)ccc1OB(Oc1ccc(C(F)(F)F)cc1)Oc1ccc(C(F)(F)F)cc1. The van der Waals surface area contributed by atoms with Gasteiger partial charge in [0.15, 0.2) is 0 Å². The smallest absolute Gasteiger partial charge is 0.490 e. The van der Waals surface area contributed by atoms with E-state index >= 15 is 0 Å². The van der Waals surface area contributed by atoms with Crippen molar-refractivity contribution in [3.63, 3.8) is 0 Å². The molecule has 54 heavy (non-hydrogen) atoms. The lowest BCUT2D eigenvalue weighted by molar-refractivity contribution is -0.138. The zero-order valence-corrected chi connectivity index (χ0v) is 31.0. The zero-order valence-electron chi connectivity index (χ0n) is 31.0. The molecule has 0 heterocycles. The molecule has 0 unspecified atom stereocenters. The Balaban J connectivity index is 1.88. The molecule has 300 valence electrons. The molecule has 0 saturated heterocycles. The van der Waals surface area contributed by atoms with Crippen LogP contribution in [0, 0.1) is 0 Å². The number of benzene rings is 3. The molecule has 3 aromatic rings. The van der Waals surface area contributed by atoms with Crippen LogP contribution in [-0.4, -0.2) is 20.4 Å². The van der Waals surface area contributed by atoms with Crippen molar-refractivity contribution in [2.45, 2.75) is 129 Å². The first-order chi connectivity index (χ1) is 25.6. The van der Waals surface area contributed by atoms with Crippen molar-refractivity contribution in [1.82, 2.24) is 0 Å². The molecule has 0 aliphatic heterocycles. The fourth-order valence-corrected chi connectivity index (χ4v) is 5.93. The maximum Gasteiger partial charge on any atom is 0.864 e. The Hall–Kier alpha value is -3.71. The summed E-state index contributed by atoms with van der Waals surface area (Å²) >= 11 is 0. The van der Waals surface area contributed by atoms with Gasteiger partial charge < -0.3 is 18.9 Å². The van der Waals surface area contributed by atoms with E-state index in [9.17, 15) is 39.5 Å². The van der Waals surface area contributed by atoms with Crippen molar-refractivity contribution >= 4 is 13.0 Å². The van der Waals surface area contributed by atoms with Crippen LogP contribution in [-0.2, 0) is 18.5 Å². The highest BCUT2D eigenvalue weighted by molar-refractivity contribution is 6.39. The Labute approximate surface area is 313 Å². The molecule has 4 nitrogen and oxygen atoms in total. The molecule has 0 bridgehead atoms. The second-order valence-corrected chi connectivity index (χ2v) is 13.5. The Morgan fingerprint density at radius 1 is 0.444 bits per heavy atom. The molecular formula is C40H51BF9NO3. The van der Waals surface area contributed by atoms with Crippen LogP contribution in [0.25, 0.3) is 0 Å². The number of anilines is 1. The minimum absolute atomic E-state index is 0.0645. The third kappa shape index (κ3) is 16.0. The van der Waals surface area contributed by atoms with Gasteiger partial charge in [-0.1, -0.05) is 97.3 Å². The molecular weight excluding hydrogens is 724 g/mol. The van der Waals surface area contributed by atoms with E-state index in [1.165, 1.54) is 38.5 Å². The van der Waals surface area contributed by atoms with Gasteiger partial charge in [-0.2, -0.15) is 39.5 Å². The molecule has 0 fully saturated rings. The van der Waals surface area contributed by atoms with Gasteiger partial charge in [-0.3, -0.25) is 0 Å². The largest absolute Gasteiger partial charge is 0.864 e. The van der Waals surface area contributed by atoms with E-state index < -0.39 is 42.5 Å². The predicted molar refractivity (Wildman–Crippen MR) is 195 cm³/mol. The number of hydrogen-bond donors (Lipinski definition) is 0. The summed E-state index contributed by atoms with van der Waals surface area (Å²) in [5, 5.41) is 0. The summed E-state index contributed by atoms with van der Waals surface area (Å²) in [7, 11) is -1.82. The maximum absolute atomic E-state index is 14.1. The van der Waals surface area contributed by atoms with Crippen molar-refractivity contribution < 1.29 is 53.5 Å². The molecule has 3 rings (SSSR count). The van der Waals surface area contributed by atoms with Crippen LogP contribution in [0.15, 0.2) is 66.7 Å². The standard InChI is InChI=1S/C40H51BF9NO3/c1-3-5-7-9-10-11-12-13-14-15-17-29-51(28-16-8-6-4-2)36-30-33(40(48,49)50)22-27-37(36)54-41(52-34-23-18-31(19-24-34)38(42,43)44)53-35-25-20-32(21-26-35)39(45,46)47/h18-27,30H,3-17,28-29H2,1-2H3. The Morgan fingerprint density at radius 3 is 1.19 bits per heavy atom. The van der Waals surface area contributed by atoms with Crippen molar-refractivity contribution in [2.75, 3.05) is 18.0 Å². The van der Waals surface area contributed by atoms with Gasteiger partial charge in [0.1, 0.15) is 17.2 Å². The topological polar surface area (TPSA) is 30.9 Å². The van der Waals surface area contributed by atoms with Crippen LogP contribution < -0.4 is 18.9 Å². The average molecular weight is 776 g/mol. The third-order valence-electron chi connectivity index (χ3n) is 8.99. The Kier molecular flexibility index (Phi) is 18.2. The van der Waals surface area contributed by atoms with E-state index in [1.54, 1.807) is 0 Å². The number of hydrogen-bond acceptors (Lipinski definition) is 4. The van der Waals surface area contributed by atoms with Gasteiger partial charge in [0, 0.05) is 13.1 Å². The van der Waals surface area contributed by atoms with Crippen LogP contribution in [0.3, 0.4) is 0 Å². The normalized spacial score (nSPS) is 12.1. The summed E-state index contributed by atoms with van der Waals surface area (Å²) in [6.07, 6.45) is 1.70. The van der Waals surface area contributed by atoms with Crippen molar-refractivity contribution in [2.24, 2.45) is 0 Å². The maximum atomic E-state index is 14.1. The first-order valence-corrected chi connectivity index (χ1v) is 18.9. The lowest BCUT2D eigenvalue weighted by Crippen LogP contribution is -2.38. The molecule has 0 aromatic heterocycles. The molecule has 0 amide bonds. The van der Waals surface area contributed by atoms with Gasteiger partial charge in [-0.05, 0) is 79.6 Å². The van der Waals surface area contributed by atoms with E-state index in [0.29, 0.717) is 25.9 Å². The van der Waals surface area contributed by atoms with E-state index in [1.807, 2.05) is 4.90 Å². The number of alkyl halides is 9. The fraction of sp³-hybridized carbons (Fsp3) is 0.550. The van der Waals surface area contributed by atoms with Crippen LogP contribution in [0.2, 0.25) is 0 Å². The summed E-state index contributed by atoms with van der Waals surface area (Å²) in [6.45, 7) is 5.10. The molecule has 0 N–H and O–H groups in total. The van der Waals surface area contributed by atoms with Crippen molar-refractivity contribution in [3.05, 3.63) is 83.4 Å². The molecule has 0 aliphatic carbocycles. The molecule has 0 spiro atoms. The summed E-state index contributed by atoms with van der Waals surface area (Å²) in [4.78, 5) is 1.83. The van der Waals surface area contributed by atoms with Crippen molar-refractivity contribution in [1.29, 1.82) is 0 Å². The van der Waals surface area contributed by atoms with Gasteiger partial charge >= 0.3 is 25.9 Å². The van der Waals surface area contributed by atoms with E-state index in [2.05, 4.69) is 13.8 Å². The summed E-state index contributed by atoms with van der Waals surface area (Å²) in [6, 6.07) is 10.0. The Bertz CT molecular complexity index is 1420. The number of unbranched alkanes of at least 4 members (excludes halogenated alkanes) is 13. The number of rotatable bonds is 24. The highest BCUT2D eigenvalue weighted by Crippen LogP contribution is 2.38. The Morgan fingerprint density at radius 2 is 0.796 bits per heavy atom. The first-order valence-electron chi connectivity index (χ1n) is 18.9. The van der Waals surface area contributed by atoms with E-state index in [0.717, 1.165) is 112 Å². The summed E-state index contributed by atoms with van der Waals surface area (Å²) < 4.78 is 139. The first kappa shape index (κ1) is 44.7. The highest BCUT2D eigenvalue weighted by Gasteiger charge is 2.37. The van der Waals surface area contributed by atoms with Gasteiger partial charge in [0.2, 0.25) is 0 Å². The number of halogens is 9. The molecule has 14 heteroatoms. The van der Waals surface area contributed by atoms with Gasteiger partial charge in [-0.25, -0.2) is 0 Å². The van der Waals surface area contributed by atoms with E-state index in [4.69, 9.17) is 14.0 Å². The lowest BCUT2D eigenvalue weighted by atomic mass is 10.1. The molecule has 0 saturated carbocycles. The van der Waals surface area contributed by atoms with Crippen LogP contribution >= 0.6 is 0 Å². The van der Waals surface area contributed by atoms with Gasteiger partial charge in [0.25, 0.3) is 0 Å². The molecule has 0 radical (unpaired) electrons. The van der Waals surface area contributed by atoms with Crippen LogP contribution in [0.1, 0.15) is 127 Å². The predicted octanol–water partition coefficient (Wildman–Crippen LogP) is 14.0. The van der Waals surface area contributed by atoms with Crippen molar-refractivity contribution in [3.8, 4) is 17.2 Å². The van der Waals surface area contributed by atoms with Crippen LogP contribution in [0.4, 0.5) is 45.2 Å². The zero-order chi connectivity index (χ0) is 39.6. The quantitative estimate of drug-likeness (QED) is 0.0515. The second-order valence-electron chi connectivity index (χ2n) is 13.5. The van der Waals surface area contributed by atoms with Crippen LogP contribution in [0.5, 0.6) is 17.2 Å². The number of nitrogens with zero attached hydrogens (tertiary/aromatic N) is 1. The molecule has 0 aliphatic rings.